The molecule has 1 aliphatic heterocycles. The van der Waals surface area contributed by atoms with Crippen molar-refractivity contribution in [1.29, 1.82) is 0 Å². The van der Waals surface area contributed by atoms with E-state index in [0.717, 1.165) is 12.6 Å². The summed E-state index contributed by atoms with van der Waals surface area (Å²) < 4.78 is 0. The standard InChI is InChI=1S/C11H23N3/c1-12-8-11-9-14(10-4-5-10)7-3-6-13(11)2/h10-12H,3-9H2,1-2H3. The van der Waals surface area contributed by atoms with Crippen LogP contribution in [0.4, 0.5) is 0 Å². The highest BCUT2D eigenvalue weighted by atomic mass is 15.3. The van der Waals surface area contributed by atoms with E-state index in [1.807, 2.05) is 0 Å². The zero-order valence-corrected chi connectivity index (χ0v) is 9.50. The first kappa shape index (κ1) is 10.4. The molecule has 0 spiro atoms. The number of nitrogens with zero attached hydrogens (tertiary/aromatic N) is 2. The van der Waals surface area contributed by atoms with Crippen LogP contribution in [-0.4, -0.2) is 62.2 Å². The van der Waals surface area contributed by atoms with E-state index in [4.69, 9.17) is 0 Å². The number of nitrogens with one attached hydrogen (secondary N) is 1. The highest BCUT2D eigenvalue weighted by Gasteiger charge is 2.32. The van der Waals surface area contributed by atoms with Crippen molar-refractivity contribution in [2.75, 3.05) is 40.3 Å². The summed E-state index contributed by atoms with van der Waals surface area (Å²) in [6, 6.07) is 1.64. The molecule has 3 heteroatoms. The molecule has 0 amide bonds. The van der Waals surface area contributed by atoms with Crippen molar-refractivity contribution in [1.82, 2.24) is 15.1 Å². The third kappa shape index (κ3) is 2.47. The Bertz CT molecular complexity index is 179. The van der Waals surface area contributed by atoms with Crippen LogP contribution in [0.5, 0.6) is 0 Å². The molecule has 1 N–H and O–H groups in total. The fraction of sp³-hybridized carbons (Fsp3) is 1.00. The van der Waals surface area contributed by atoms with Gasteiger partial charge in [0.1, 0.15) is 0 Å². The van der Waals surface area contributed by atoms with Gasteiger partial charge in [0.05, 0.1) is 0 Å². The van der Waals surface area contributed by atoms with Crippen molar-refractivity contribution in [3.8, 4) is 0 Å². The predicted octanol–water partition coefficient (Wildman–Crippen LogP) is 0.374. The van der Waals surface area contributed by atoms with Gasteiger partial charge in [-0.05, 0) is 46.4 Å². The first-order valence-corrected chi connectivity index (χ1v) is 5.90. The largest absolute Gasteiger partial charge is 0.318 e. The Labute approximate surface area is 87.4 Å². The van der Waals surface area contributed by atoms with Crippen molar-refractivity contribution in [2.45, 2.75) is 31.3 Å². The molecule has 14 heavy (non-hydrogen) atoms. The van der Waals surface area contributed by atoms with Gasteiger partial charge in [-0.15, -0.1) is 0 Å². The van der Waals surface area contributed by atoms with Crippen LogP contribution in [0.2, 0.25) is 0 Å². The average Bonchev–Trinajstić information content (AvgIpc) is 2.95. The van der Waals surface area contributed by atoms with Crippen LogP contribution in [0.3, 0.4) is 0 Å². The molecule has 2 aliphatic rings. The van der Waals surface area contributed by atoms with E-state index in [0.29, 0.717) is 6.04 Å². The SMILES string of the molecule is CNCC1CN(C2CC2)CCCN1C. The number of hydrogen-bond acceptors (Lipinski definition) is 3. The van der Waals surface area contributed by atoms with Crippen LogP contribution in [0.25, 0.3) is 0 Å². The molecular weight excluding hydrogens is 174 g/mol. The summed E-state index contributed by atoms with van der Waals surface area (Å²) in [5.41, 5.74) is 0. The minimum absolute atomic E-state index is 0.711. The second kappa shape index (κ2) is 4.60. The Hall–Kier alpha value is -0.120. The van der Waals surface area contributed by atoms with Gasteiger partial charge in [-0.1, -0.05) is 0 Å². The monoisotopic (exact) mass is 197 g/mol. The van der Waals surface area contributed by atoms with Gasteiger partial charge in [-0.25, -0.2) is 0 Å². The predicted molar refractivity (Wildman–Crippen MR) is 59.6 cm³/mol. The van der Waals surface area contributed by atoms with Crippen molar-refractivity contribution in [3.05, 3.63) is 0 Å². The van der Waals surface area contributed by atoms with Gasteiger partial charge >= 0.3 is 0 Å². The smallest absolute Gasteiger partial charge is 0.0344 e. The van der Waals surface area contributed by atoms with E-state index in [-0.39, 0.29) is 0 Å². The van der Waals surface area contributed by atoms with Crippen molar-refractivity contribution >= 4 is 0 Å². The Morgan fingerprint density at radius 2 is 2.07 bits per heavy atom. The third-order valence-electron chi connectivity index (χ3n) is 3.53. The summed E-state index contributed by atoms with van der Waals surface area (Å²) in [5, 5.41) is 3.31. The summed E-state index contributed by atoms with van der Waals surface area (Å²) >= 11 is 0. The molecule has 1 heterocycles. The second-order valence-electron chi connectivity index (χ2n) is 4.77. The molecule has 0 radical (unpaired) electrons. The zero-order chi connectivity index (χ0) is 9.97. The zero-order valence-electron chi connectivity index (χ0n) is 9.50. The molecule has 0 aromatic heterocycles. The fourth-order valence-electron chi connectivity index (χ4n) is 2.43. The van der Waals surface area contributed by atoms with E-state index in [1.54, 1.807) is 0 Å². The van der Waals surface area contributed by atoms with Crippen LogP contribution < -0.4 is 5.32 Å². The quantitative estimate of drug-likeness (QED) is 0.705. The average molecular weight is 197 g/mol. The minimum Gasteiger partial charge on any atom is -0.318 e. The first-order chi connectivity index (χ1) is 6.81. The van der Waals surface area contributed by atoms with Crippen LogP contribution >= 0.6 is 0 Å². The molecule has 0 bridgehead atoms. The molecule has 1 atom stereocenters. The molecule has 1 saturated heterocycles. The Morgan fingerprint density at radius 3 is 2.71 bits per heavy atom. The van der Waals surface area contributed by atoms with Crippen molar-refractivity contribution < 1.29 is 0 Å². The molecule has 1 unspecified atom stereocenters. The summed E-state index contributed by atoms with van der Waals surface area (Å²) in [7, 11) is 4.32. The van der Waals surface area contributed by atoms with E-state index in [9.17, 15) is 0 Å². The highest BCUT2D eigenvalue weighted by molar-refractivity contribution is 4.89. The number of hydrogen-bond donors (Lipinski definition) is 1. The van der Waals surface area contributed by atoms with Crippen LogP contribution in [0.15, 0.2) is 0 Å². The van der Waals surface area contributed by atoms with Crippen molar-refractivity contribution in [3.63, 3.8) is 0 Å². The molecule has 3 nitrogen and oxygen atoms in total. The summed E-state index contributed by atoms with van der Waals surface area (Å²) in [6.45, 7) is 4.96. The van der Waals surface area contributed by atoms with Crippen LogP contribution in [0, 0.1) is 0 Å². The van der Waals surface area contributed by atoms with Gasteiger partial charge in [-0.3, -0.25) is 4.90 Å². The second-order valence-corrected chi connectivity index (χ2v) is 4.77. The molecular formula is C11H23N3. The number of rotatable bonds is 3. The van der Waals surface area contributed by atoms with Gasteiger partial charge in [0.25, 0.3) is 0 Å². The Morgan fingerprint density at radius 1 is 1.29 bits per heavy atom. The summed E-state index contributed by atoms with van der Waals surface area (Å²) in [5.74, 6) is 0. The fourth-order valence-corrected chi connectivity index (χ4v) is 2.43. The van der Waals surface area contributed by atoms with E-state index < -0.39 is 0 Å². The lowest BCUT2D eigenvalue weighted by Gasteiger charge is -2.28. The lowest BCUT2D eigenvalue weighted by Crippen LogP contribution is -2.45. The lowest BCUT2D eigenvalue weighted by atomic mass is 10.2. The molecule has 2 rings (SSSR count). The minimum atomic E-state index is 0.711. The lowest BCUT2D eigenvalue weighted by molar-refractivity contribution is 0.200. The van der Waals surface area contributed by atoms with Crippen LogP contribution in [-0.2, 0) is 0 Å². The Balaban J connectivity index is 1.90. The summed E-state index contributed by atoms with van der Waals surface area (Å²) in [6.07, 6.45) is 4.22. The van der Waals surface area contributed by atoms with Gasteiger partial charge in [-0.2, -0.15) is 0 Å². The van der Waals surface area contributed by atoms with Gasteiger partial charge in [0.15, 0.2) is 0 Å². The van der Waals surface area contributed by atoms with Crippen LogP contribution in [0.1, 0.15) is 19.3 Å². The third-order valence-corrected chi connectivity index (χ3v) is 3.53. The molecule has 0 aromatic rings. The Kier molecular flexibility index (Phi) is 3.42. The topological polar surface area (TPSA) is 18.5 Å². The normalized spacial score (nSPS) is 31.7. The summed E-state index contributed by atoms with van der Waals surface area (Å²) in [4.78, 5) is 5.21. The van der Waals surface area contributed by atoms with Crippen molar-refractivity contribution in [2.24, 2.45) is 0 Å². The molecule has 1 aliphatic carbocycles. The maximum atomic E-state index is 3.31. The maximum Gasteiger partial charge on any atom is 0.0344 e. The van der Waals surface area contributed by atoms with Gasteiger partial charge < -0.3 is 10.2 Å². The van der Waals surface area contributed by atoms with E-state index in [1.165, 1.54) is 38.9 Å². The highest BCUT2D eigenvalue weighted by Crippen LogP contribution is 2.28. The first-order valence-electron chi connectivity index (χ1n) is 5.90. The molecule has 0 aromatic carbocycles. The van der Waals surface area contributed by atoms with Gasteiger partial charge in [0.2, 0.25) is 0 Å². The van der Waals surface area contributed by atoms with E-state index in [2.05, 4.69) is 29.2 Å². The van der Waals surface area contributed by atoms with E-state index >= 15 is 0 Å². The van der Waals surface area contributed by atoms with Gasteiger partial charge in [0, 0.05) is 25.2 Å². The maximum absolute atomic E-state index is 3.31. The number of likely N-dealkylation sites (N-methyl/N-ethyl adjacent to an activating group) is 2. The molecule has 2 fully saturated rings. The molecule has 82 valence electrons. The molecule has 1 saturated carbocycles.